The van der Waals surface area contributed by atoms with E-state index in [0.717, 1.165) is 63.3 Å². The lowest BCUT2D eigenvalue weighted by Gasteiger charge is -2.34. The number of nitrogens with one attached hydrogen (secondary N) is 9. The van der Waals surface area contributed by atoms with Crippen LogP contribution in [0.4, 0.5) is 81.2 Å². The van der Waals surface area contributed by atoms with Crippen LogP contribution >= 0.6 is 40.5 Å². The molecule has 0 radical (unpaired) electrons. The molecule has 0 aliphatic carbocycles. The number of aromatic nitrogens is 8. The number of imidazole rings is 1. The number of likely N-dealkylation sites (N-methyl/N-ethyl adjacent to an activating group) is 3. The van der Waals surface area contributed by atoms with E-state index in [-0.39, 0.29) is 119 Å². The number of alkyl halides is 6. The largest absolute Gasteiger partial charge is 0.418 e. The first-order valence-corrected chi connectivity index (χ1v) is 40.4. The summed E-state index contributed by atoms with van der Waals surface area (Å²) in [4.78, 5) is 118. The summed E-state index contributed by atoms with van der Waals surface area (Å²) in [7, 11) is 18.8. The zero-order valence-corrected chi connectivity index (χ0v) is 78.0. The maximum absolute atomic E-state index is 13.9. The van der Waals surface area contributed by atoms with Crippen LogP contribution in [0.3, 0.4) is 0 Å². The van der Waals surface area contributed by atoms with Gasteiger partial charge in [-0.25, -0.2) is 19.4 Å². The predicted molar refractivity (Wildman–Crippen MR) is 505 cm³/mol. The van der Waals surface area contributed by atoms with Crippen molar-refractivity contribution in [2.24, 2.45) is 28.2 Å². The van der Waals surface area contributed by atoms with Gasteiger partial charge in [0, 0.05) is 81.5 Å². The van der Waals surface area contributed by atoms with E-state index < -0.39 is 75.0 Å². The van der Waals surface area contributed by atoms with Crippen molar-refractivity contribution in [1.29, 1.82) is 0 Å². The SMILES string of the molecule is C=CC(=O)Nc1ccc(C(=O)Nc2nn(C)c3c2CN(C(=O)N[C@H](CN(C)C)c2ccccc2)C3(C)C)c(C(F)(F)F)c1.C=CC(=O)Nc1ccc(C(=O)Nc2nn(C)c3c2CN(C(=O)N[C@H](CN(C)C)c2ccccc2)C3(C)C)cc1C(F)(F)F.C=CC(=O)Nc1ccc2nc(Nc3nn(C)c4c3CN(C(=O)N[C@H](CN(C)C)c3ccccc3)C4(C)C)n(C)c2c1.S.S.S. The van der Waals surface area contributed by atoms with E-state index in [2.05, 4.69) is 82.7 Å². The highest BCUT2D eigenvalue weighted by atomic mass is 32.1. The third-order valence-electron chi connectivity index (χ3n) is 22.1. The zero-order chi connectivity index (χ0) is 92.9. The van der Waals surface area contributed by atoms with Crippen LogP contribution in [0.1, 0.15) is 142 Å². The Hall–Kier alpha value is -12.9. The number of fused-ring (bicyclic) bond motifs is 4. The van der Waals surface area contributed by atoms with E-state index in [0.29, 0.717) is 78.3 Å². The van der Waals surface area contributed by atoms with Crippen LogP contribution in [0.25, 0.3) is 11.0 Å². The minimum Gasteiger partial charge on any atom is -0.330 e. The van der Waals surface area contributed by atoms with Gasteiger partial charge in [-0.1, -0.05) is 111 Å². The number of aryl methyl sites for hydroxylation is 4. The Labute approximate surface area is 770 Å². The van der Waals surface area contributed by atoms with Crippen LogP contribution in [-0.4, -0.2) is 178 Å². The lowest BCUT2D eigenvalue weighted by Crippen LogP contribution is -2.49. The van der Waals surface area contributed by atoms with Gasteiger partial charge in [0.2, 0.25) is 23.7 Å². The molecule has 13 rings (SSSR count). The van der Waals surface area contributed by atoms with Crippen molar-refractivity contribution in [2.45, 2.75) is 108 Å². The maximum Gasteiger partial charge on any atom is 0.418 e. The third kappa shape index (κ3) is 22.9. The van der Waals surface area contributed by atoms with Gasteiger partial charge in [-0.2, -0.15) is 82.1 Å². The van der Waals surface area contributed by atoms with Gasteiger partial charge in [-0.15, -0.1) is 0 Å². The topological polar surface area (TPSA) is 336 Å². The van der Waals surface area contributed by atoms with Gasteiger partial charge in [-0.3, -0.25) is 38.0 Å². The lowest BCUT2D eigenvalue weighted by atomic mass is 10.0. The number of amides is 11. The van der Waals surface area contributed by atoms with E-state index >= 15 is 0 Å². The fourth-order valence-electron chi connectivity index (χ4n) is 16.2. The maximum atomic E-state index is 13.9. The molecule has 9 N–H and O–H groups in total. The molecule has 3 atom stereocenters. The highest BCUT2D eigenvalue weighted by Crippen LogP contribution is 2.47. The number of halogens is 6. The Morgan fingerprint density at radius 1 is 0.438 bits per heavy atom. The standard InChI is InChI=1S/2C30H34F3N7O3.C30H37N9O2.3H2S/c1-7-24(41)34-22-14-13-19(15-21(22)30(31,32)33)27(42)36-26-20-16-40(29(2,3)25(20)39(6)37-26)28(43)35-23(17-38(4)5)18-11-9-8-10-12-18;1-7-24(41)34-19-13-14-20(22(15-19)30(31,32)33)27(42)36-26-21-16-40(29(2,3)25(21)39(6)37-26)28(43)35-23(17-38(4)5)18-11-9-8-10-12-18;1-8-25(40)31-20-14-15-22-24(16-20)37(6)28(32-22)34-27-21-17-39(30(2,3)26(21)38(7)35-27)29(41)33-23(18-36(4)5)19-12-10-9-11-13-19;;;/h2*7-15,23H,1,16-17H2,2-6H3,(H,34,41)(H,35,43)(H,36,37,42);8-16,23H,1,17-18H2,2-7H3,(H,31,40)(H,33,41)(H,32,34,35);3*1H2/t3*23-;;;/m111.../s1. The molecular formula is C90H111F6N23O8S3. The van der Waals surface area contributed by atoms with E-state index in [1.165, 1.54) is 22.9 Å². The van der Waals surface area contributed by atoms with Crippen molar-refractivity contribution < 1.29 is 64.7 Å². The molecule has 40 heteroatoms. The number of urea groups is 3. The quantitative estimate of drug-likeness (QED) is 0.0200. The fraction of sp³-hybridized carbons (Fsp3) is 0.333. The Morgan fingerprint density at radius 2 is 0.792 bits per heavy atom. The highest BCUT2D eigenvalue weighted by molar-refractivity contribution is 7.59. The summed E-state index contributed by atoms with van der Waals surface area (Å²) < 4.78 is 89.9. The number of benzene rings is 6. The molecule has 3 aliphatic heterocycles. The molecular weight excluding hydrogens is 1740 g/mol. The Balaban J connectivity index is 0.000000238. The summed E-state index contributed by atoms with van der Waals surface area (Å²) in [6.45, 7) is 23.9. The van der Waals surface area contributed by atoms with Crippen LogP contribution in [0.2, 0.25) is 0 Å². The molecule has 0 unspecified atom stereocenters. The Morgan fingerprint density at radius 3 is 1.17 bits per heavy atom. The van der Waals surface area contributed by atoms with E-state index in [4.69, 9.17) is 10.1 Å². The van der Waals surface area contributed by atoms with Gasteiger partial charge in [0.25, 0.3) is 11.8 Å². The summed E-state index contributed by atoms with van der Waals surface area (Å²) in [5.74, 6) is -2.22. The molecule has 10 aromatic rings. The van der Waals surface area contributed by atoms with Crippen LogP contribution < -0.4 is 47.9 Å². The normalized spacial score (nSPS) is 14.3. The monoisotopic (exact) mass is 1850 g/mol. The molecule has 31 nitrogen and oxygen atoms in total. The average Bonchev–Trinajstić information content (AvgIpc) is 1.58. The number of carbonyl (C=O) groups excluding carboxylic acids is 8. The first-order valence-electron chi connectivity index (χ1n) is 40.4. The zero-order valence-electron chi connectivity index (χ0n) is 75.0. The lowest BCUT2D eigenvalue weighted by molar-refractivity contribution is -0.138. The van der Waals surface area contributed by atoms with Crippen LogP contribution in [0.15, 0.2) is 184 Å². The molecule has 694 valence electrons. The molecule has 3 aliphatic rings. The molecule has 0 saturated heterocycles. The highest BCUT2D eigenvalue weighted by Gasteiger charge is 2.50. The number of hydrogen-bond donors (Lipinski definition) is 9. The number of hydrogen-bond acceptors (Lipinski definition) is 16. The van der Waals surface area contributed by atoms with E-state index in [1.54, 1.807) is 34.6 Å². The van der Waals surface area contributed by atoms with Crippen molar-refractivity contribution in [1.82, 2.24) is 84.2 Å². The smallest absolute Gasteiger partial charge is 0.330 e. The molecule has 6 aromatic carbocycles. The summed E-state index contributed by atoms with van der Waals surface area (Å²) in [6.07, 6.45) is -6.72. The molecule has 4 aromatic heterocycles. The molecule has 0 saturated carbocycles. The predicted octanol–water partition coefficient (Wildman–Crippen LogP) is 14.3. The van der Waals surface area contributed by atoms with Gasteiger partial charge in [0.1, 0.15) is 0 Å². The van der Waals surface area contributed by atoms with Crippen LogP contribution in [0.5, 0.6) is 0 Å². The van der Waals surface area contributed by atoms with Crippen LogP contribution in [-0.2, 0) is 91.2 Å². The summed E-state index contributed by atoms with van der Waals surface area (Å²) in [5.41, 5.74) is 3.27. The summed E-state index contributed by atoms with van der Waals surface area (Å²) >= 11 is 0. The molecule has 11 amide bonds. The fourth-order valence-corrected chi connectivity index (χ4v) is 16.2. The van der Waals surface area contributed by atoms with Crippen molar-refractivity contribution in [3.05, 3.63) is 256 Å². The summed E-state index contributed by atoms with van der Waals surface area (Å²) in [5, 5.41) is 38.7. The first-order chi connectivity index (χ1) is 59.7. The minimum absolute atomic E-state index is 0. The van der Waals surface area contributed by atoms with Gasteiger partial charge >= 0.3 is 30.4 Å². The first kappa shape index (κ1) is 102. The van der Waals surface area contributed by atoms with Crippen molar-refractivity contribution in [3.8, 4) is 0 Å². The number of carbonyl (C=O) groups is 8. The van der Waals surface area contributed by atoms with Gasteiger partial charge in [0.15, 0.2) is 17.5 Å². The number of anilines is 7. The molecule has 7 heterocycles. The van der Waals surface area contributed by atoms with Crippen molar-refractivity contribution in [3.63, 3.8) is 0 Å². The van der Waals surface area contributed by atoms with Gasteiger partial charge in [-0.05, 0) is 173 Å². The summed E-state index contributed by atoms with van der Waals surface area (Å²) in [6, 6.07) is 38.9. The third-order valence-corrected chi connectivity index (χ3v) is 22.1. The molecule has 0 fully saturated rings. The minimum atomic E-state index is -4.88. The van der Waals surface area contributed by atoms with E-state index in [9.17, 15) is 64.7 Å². The van der Waals surface area contributed by atoms with Crippen LogP contribution in [0, 0.1) is 0 Å². The number of rotatable bonds is 24. The molecule has 130 heavy (non-hydrogen) atoms. The second-order valence-electron chi connectivity index (χ2n) is 33.2. The Kier molecular flexibility index (Phi) is 32.9. The van der Waals surface area contributed by atoms with Gasteiger partial charge < -0.3 is 81.8 Å². The van der Waals surface area contributed by atoms with Gasteiger partial charge in [0.05, 0.1) is 105 Å². The number of nitrogens with zero attached hydrogens (tertiary/aromatic N) is 14. The Bertz CT molecular complexity index is 5850. The van der Waals surface area contributed by atoms with Crippen molar-refractivity contribution >= 4 is 140 Å². The molecule has 0 bridgehead atoms. The average molecular weight is 1850 g/mol. The molecule has 0 spiro atoms. The second kappa shape index (κ2) is 41.7. The second-order valence-corrected chi connectivity index (χ2v) is 33.2. The van der Waals surface area contributed by atoms with E-state index in [1.807, 2.05) is 225 Å². The van der Waals surface area contributed by atoms with Crippen molar-refractivity contribution in [2.75, 3.05) is 93.8 Å².